The third-order valence-corrected chi connectivity index (χ3v) is 2.35. The Morgan fingerprint density at radius 3 is 2.50 bits per heavy atom. The van der Waals surface area contributed by atoms with Crippen molar-refractivity contribution in [3.63, 3.8) is 0 Å². The molecule has 2 nitrogen and oxygen atoms in total. The molecule has 0 unspecified atom stereocenters. The Morgan fingerprint density at radius 2 is 2.00 bits per heavy atom. The third kappa shape index (κ3) is 1.14. The highest BCUT2D eigenvalue weighted by atomic mass is 79.9. The van der Waals surface area contributed by atoms with E-state index in [1.165, 1.54) is 0 Å². The van der Waals surface area contributed by atoms with Gasteiger partial charge in [-0.15, -0.1) is 0 Å². The molecular weight excluding hydrogens is 194 g/mol. The Balaban J connectivity index is 3.34. The molecule has 0 saturated heterocycles. The molecule has 1 aromatic rings. The lowest BCUT2D eigenvalue weighted by Gasteiger charge is -2.03. The summed E-state index contributed by atoms with van der Waals surface area (Å²) in [4.78, 5) is 0. The van der Waals surface area contributed by atoms with Crippen LogP contribution in [0.25, 0.3) is 0 Å². The number of hydrogen-bond acceptors (Lipinski definition) is 1. The third-order valence-electron chi connectivity index (χ3n) is 1.40. The van der Waals surface area contributed by atoms with Crippen molar-refractivity contribution >= 4 is 15.9 Å². The first-order chi connectivity index (χ1) is 4.63. The average Bonchev–Trinajstić information content (AvgIpc) is 1.93. The summed E-state index contributed by atoms with van der Waals surface area (Å²) in [6.07, 6.45) is 0. The van der Waals surface area contributed by atoms with Crippen LogP contribution in [-0.2, 0) is 0 Å². The fraction of sp³-hybridized carbons (Fsp3) is 0.286. The molecule has 0 N–H and O–H groups in total. The summed E-state index contributed by atoms with van der Waals surface area (Å²) in [5.41, 5.74) is 1.66. The highest BCUT2D eigenvalue weighted by Gasteiger charge is 2.06. The van der Waals surface area contributed by atoms with Gasteiger partial charge in [0.05, 0.1) is 0 Å². The quantitative estimate of drug-likeness (QED) is 0.357. The van der Waals surface area contributed by atoms with E-state index >= 15 is 0 Å². The van der Waals surface area contributed by atoms with Crippen LogP contribution in [-0.4, -0.2) is 0 Å². The molecule has 1 aromatic heterocycles. The van der Waals surface area contributed by atoms with Crippen LogP contribution in [0.1, 0.15) is 11.3 Å². The molecule has 10 heavy (non-hydrogen) atoms. The van der Waals surface area contributed by atoms with Crippen molar-refractivity contribution in [3.05, 3.63) is 33.2 Å². The fourth-order valence-electron chi connectivity index (χ4n) is 0.697. The van der Waals surface area contributed by atoms with E-state index in [-0.39, 0.29) is 0 Å². The Labute approximate surface area is 68.2 Å². The Hall–Kier alpha value is -0.570. The Morgan fingerprint density at radius 1 is 1.40 bits per heavy atom. The SMILES string of the molecule is Cc1ccc(C)[n+]([O-])c1Br. The van der Waals surface area contributed by atoms with Crippen molar-refractivity contribution in [1.29, 1.82) is 0 Å². The van der Waals surface area contributed by atoms with Crippen LogP contribution in [0.3, 0.4) is 0 Å². The van der Waals surface area contributed by atoms with Gasteiger partial charge in [-0.25, -0.2) is 0 Å². The van der Waals surface area contributed by atoms with Crippen LogP contribution < -0.4 is 4.73 Å². The predicted octanol–water partition coefficient (Wildman–Crippen LogP) is 1.70. The van der Waals surface area contributed by atoms with Gasteiger partial charge in [-0.05, 0) is 13.0 Å². The maximum absolute atomic E-state index is 11.1. The van der Waals surface area contributed by atoms with E-state index in [1.807, 2.05) is 13.0 Å². The van der Waals surface area contributed by atoms with Gasteiger partial charge in [-0.3, -0.25) is 0 Å². The van der Waals surface area contributed by atoms with Gasteiger partial charge in [0.2, 0.25) is 0 Å². The van der Waals surface area contributed by atoms with E-state index in [0.717, 1.165) is 10.3 Å². The van der Waals surface area contributed by atoms with Crippen molar-refractivity contribution < 1.29 is 4.73 Å². The Bertz CT molecular complexity index is 233. The van der Waals surface area contributed by atoms with E-state index in [9.17, 15) is 5.21 Å². The van der Waals surface area contributed by atoms with Crippen molar-refractivity contribution in [2.24, 2.45) is 0 Å². The van der Waals surface area contributed by atoms with Crippen LogP contribution in [0.2, 0.25) is 0 Å². The zero-order valence-electron chi connectivity index (χ0n) is 5.89. The largest absolute Gasteiger partial charge is 0.618 e. The molecule has 1 heterocycles. The van der Waals surface area contributed by atoms with E-state index < -0.39 is 0 Å². The first kappa shape index (κ1) is 7.54. The second-order valence-corrected chi connectivity index (χ2v) is 2.99. The van der Waals surface area contributed by atoms with Crippen molar-refractivity contribution in [3.8, 4) is 0 Å². The van der Waals surface area contributed by atoms with Crippen LogP contribution in [0.15, 0.2) is 16.7 Å². The van der Waals surface area contributed by atoms with Gasteiger partial charge in [-0.1, -0.05) is 0 Å². The fourth-order valence-corrected chi connectivity index (χ4v) is 1.11. The van der Waals surface area contributed by atoms with Crippen LogP contribution in [0.4, 0.5) is 0 Å². The molecule has 3 heteroatoms. The summed E-state index contributed by atoms with van der Waals surface area (Å²) in [5, 5.41) is 11.1. The summed E-state index contributed by atoms with van der Waals surface area (Å²) < 4.78 is 1.47. The zero-order valence-corrected chi connectivity index (χ0v) is 7.47. The maximum Gasteiger partial charge on any atom is 0.262 e. The van der Waals surface area contributed by atoms with E-state index in [4.69, 9.17) is 0 Å². The summed E-state index contributed by atoms with van der Waals surface area (Å²) in [6, 6.07) is 3.71. The smallest absolute Gasteiger partial charge is 0.262 e. The number of aryl methyl sites for hydroxylation is 2. The lowest BCUT2D eigenvalue weighted by Crippen LogP contribution is -2.32. The molecule has 0 aromatic carbocycles. The Kier molecular flexibility index (Phi) is 1.94. The standard InChI is InChI=1S/C7H8BrNO/c1-5-3-4-6(2)9(10)7(5)8/h3-4H,1-2H3. The molecule has 54 valence electrons. The number of hydrogen-bond donors (Lipinski definition) is 0. The molecule has 0 aliphatic rings. The zero-order chi connectivity index (χ0) is 7.72. The van der Waals surface area contributed by atoms with Crippen molar-refractivity contribution in [2.45, 2.75) is 13.8 Å². The van der Waals surface area contributed by atoms with Crippen LogP contribution >= 0.6 is 15.9 Å². The molecule has 0 aliphatic carbocycles. The molecule has 0 aliphatic heterocycles. The monoisotopic (exact) mass is 201 g/mol. The van der Waals surface area contributed by atoms with Crippen molar-refractivity contribution in [1.82, 2.24) is 0 Å². The van der Waals surface area contributed by atoms with Crippen LogP contribution in [0.5, 0.6) is 0 Å². The number of rotatable bonds is 0. The summed E-state index contributed by atoms with van der Waals surface area (Å²) in [6.45, 7) is 3.66. The first-order valence-electron chi connectivity index (χ1n) is 2.98. The minimum absolute atomic E-state index is 0.604. The average molecular weight is 202 g/mol. The maximum atomic E-state index is 11.1. The lowest BCUT2D eigenvalue weighted by atomic mass is 10.3. The van der Waals surface area contributed by atoms with Crippen molar-refractivity contribution in [2.75, 3.05) is 0 Å². The minimum Gasteiger partial charge on any atom is -0.618 e. The molecular formula is C7H8BrNO. The molecule has 0 bridgehead atoms. The lowest BCUT2D eigenvalue weighted by molar-refractivity contribution is -0.624. The van der Waals surface area contributed by atoms with Gasteiger partial charge < -0.3 is 5.21 Å². The summed E-state index contributed by atoms with van der Waals surface area (Å²) >= 11 is 3.18. The number of aromatic nitrogens is 1. The summed E-state index contributed by atoms with van der Waals surface area (Å²) in [7, 11) is 0. The number of pyridine rings is 1. The molecule has 0 radical (unpaired) electrons. The van der Waals surface area contributed by atoms with Gasteiger partial charge in [0.25, 0.3) is 4.60 Å². The molecule has 0 fully saturated rings. The number of halogens is 1. The van der Waals surface area contributed by atoms with Crippen LogP contribution in [0, 0.1) is 19.1 Å². The van der Waals surface area contributed by atoms with Gasteiger partial charge in [-0.2, -0.15) is 4.73 Å². The van der Waals surface area contributed by atoms with E-state index in [2.05, 4.69) is 15.9 Å². The van der Waals surface area contributed by atoms with E-state index in [1.54, 1.807) is 13.0 Å². The first-order valence-corrected chi connectivity index (χ1v) is 3.77. The molecule has 0 atom stereocenters. The molecule has 0 spiro atoms. The highest BCUT2D eigenvalue weighted by molar-refractivity contribution is 9.10. The minimum atomic E-state index is 0.604. The second kappa shape index (κ2) is 2.58. The van der Waals surface area contributed by atoms with Gasteiger partial charge >= 0.3 is 0 Å². The molecule has 0 saturated carbocycles. The molecule has 0 amide bonds. The topological polar surface area (TPSA) is 26.9 Å². The number of nitrogens with zero attached hydrogens (tertiary/aromatic N) is 1. The highest BCUT2D eigenvalue weighted by Crippen LogP contribution is 2.09. The van der Waals surface area contributed by atoms with Gasteiger partial charge in [0, 0.05) is 34.5 Å². The summed E-state index contributed by atoms with van der Waals surface area (Å²) in [5.74, 6) is 0. The predicted molar refractivity (Wildman–Crippen MR) is 42.6 cm³/mol. The van der Waals surface area contributed by atoms with Gasteiger partial charge in [0.1, 0.15) is 0 Å². The van der Waals surface area contributed by atoms with Gasteiger partial charge in [0.15, 0.2) is 5.69 Å². The normalized spacial score (nSPS) is 9.90. The molecule has 1 rings (SSSR count). The van der Waals surface area contributed by atoms with E-state index in [0.29, 0.717) is 10.3 Å². The second-order valence-electron chi connectivity index (χ2n) is 2.24.